The normalized spacial score (nSPS) is 10.3. The van der Waals surface area contributed by atoms with Crippen molar-refractivity contribution in [1.82, 2.24) is 0 Å². The van der Waals surface area contributed by atoms with Gasteiger partial charge in [0.25, 0.3) is 5.91 Å². The van der Waals surface area contributed by atoms with E-state index in [9.17, 15) is 9.18 Å². The number of anilines is 1. The van der Waals surface area contributed by atoms with Crippen molar-refractivity contribution in [2.24, 2.45) is 0 Å². The smallest absolute Gasteiger partial charge is 0.261 e. The van der Waals surface area contributed by atoms with Crippen LogP contribution < -0.4 is 4.90 Å². The van der Waals surface area contributed by atoms with Crippen LogP contribution in [0.4, 0.5) is 10.1 Å². The quantitative estimate of drug-likeness (QED) is 0.819. The van der Waals surface area contributed by atoms with Crippen molar-refractivity contribution in [1.29, 1.82) is 0 Å². The minimum atomic E-state index is -0.481. The lowest BCUT2D eigenvalue weighted by atomic mass is 10.1. The number of hydrogen-bond acceptors (Lipinski definition) is 1. The fourth-order valence-corrected chi connectivity index (χ4v) is 2.00. The van der Waals surface area contributed by atoms with Crippen LogP contribution in [0.15, 0.2) is 48.5 Å². The molecule has 0 unspecified atom stereocenters. The molecule has 0 atom stereocenters. The van der Waals surface area contributed by atoms with Crippen LogP contribution >= 0.6 is 0 Å². The summed E-state index contributed by atoms with van der Waals surface area (Å²) in [5.74, 6) is -0.792. The van der Waals surface area contributed by atoms with Gasteiger partial charge in [0.15, 0.2) is 0 Å². The van der Waals surface area contributed by atoms with Crippen molar-refractivity contribution in [2.45, 2.75) is 13.8 Å². The van der Waals surface area contributed by atoms with Gasteiger partial charge in [0, 0.05) is 12.2 Å². The van der Waals surface area contributed by atoms with Gasteiger partial charge >= 0.3 is 0 Å². The maximum absolute atomic E-state index is 13.8. The predicted octanol–water partition coefficient (Wildman–Crippen LogP) is 3.80. The van der Waals surface area contributed by atoms with E-state index in [4.69, 9.17) is 0 Å². The molecule has 0 fully saturated rings. The fraction of sp³-hybridized carbons (Fsp3) is 0.188. The van der Waals surface area contributed by atoms with Crippen molar-refractivity contribution < 1.29 is 9.18 Å². The zero-order valence-corrected chi connectivity index (χ0v) is 11.1. The van der Waals surface area contributed by atoms with Crippen LogP contribution in [0.2, 0.25) is 0 Å². The van der Waals surface area contributed by atoms with Crippen LogP contribution in [0.25, 0.3) is 0 Å². The maximum atomic E-state index is 13.8. The average Bonchev–Trinajstić information content (AvgIpc) is 2.43. The van der Waals surface area contributed by atoms with Crippen molar-refractivity contribution in [2.75, 3.05) is 11.4 Å². The molecule has 2 nitrogen and oxygen atoms in total. The van der Waals surface area contributed by atoms with Gasteiger partial charge in [-0.1, -0.05) is 29.8 Å². The first-order valence-electron chi connectivity index (χ1n) is 6.26. The molecule has 0 aliphatic heterocycles. The minimum absolute atomic E-state index is 0.116. The topological polar surface area (TPSA) is 20.3 Å². The molecule has 0 heterocycles. The molecule has 2 aromatic rings. The first-order valence-corrected chi connectivity index (χ1v) is 6.26. The third-order valence-electron chi connectivity index (χ3n) is 2.98. The van der Waals surface area contributed by atoms with E-state index < -0.39 is 5.82 Å². The number of amides is 1. The predicted molar refractivity (Wildman–Crippen MR) is 74.9 cm³/mol. The zero-order chi connectivity index (χ0) is 13.8. The lowest BCUT2D eigenvalue weighted by Gasteiger charge is -2.21. The minimum Gasteiger partial charge on any atom is -0.309 e. The second kappa shape index (κ2) is 5.65. The molecule has 2 aromatic carbocycles. The highest BCUT2D eigenvalue weighted by Gasteiger charge is 2.19. The Morgan fingerprint density at radius 1 is 1.16 bits per heavy atom. The molecule has 2 rings (SSSR count). The molecule has 3 heteroatoms. The molecule has 0 radical (unpaired) electrons. The third-order valence-corrected chi connectivity index (χ3v) is 2.98. The van der Waals surface area contributed by atoms with Gasteiger partial charge in [-0.05, 0) is 38.1 Å². The SMILES string of the molecule is CCN(C(=O)c1cc(C)ccc1F)c1ccccc1. The van der Waals surface area contributed by atoms with Crippen molar-refractivity contribution in [3.05, 3.63) is 65.5 Å². The number of carbonyl (C=O) groups excluding carboxylic acids is 1. The summed E-state index contributed by atoms with van der Waals surface area (Å²) in [5, 5.41) is 0. The van der Waals surface area contributed by atoms with Gasteiger partial charge in [0.1, 0.15) is 5.82 Å². The van der Waals surface area contributed by atoms with Gasteiger partial charge < -0.3 is 4.90 Å². The number of halogens is 1. The van der Waals surface area contributed by atoms with E-state index in [1.54, 1.807) is 17.0 Å². The number of hydrogen-bond donors (Lipinski definition) is 0. The Hall–Kier alpha value is -2.16. The Labute approximate surface area is 112 Å². The second-order valence-corrected chi connectivity index (χ2v) is 4.37. The van der Waals surface area contributed by atoms with E-state index in [0.717, 1.165) is 11.3 Å². The Kier molecular flexibility index (Phi) is 3.95. The highest BCUT2D eigenvalue weighted by Crippen LogP contribution is 2.19. The number of carbonyl (C=O) groups is 1. The number of para-hydroxylation sites is 1. The molecule has 0 aromatic heterocycles. The molecule has 19 heavy (non-hydrogen) atoms. The van der Waals surface area contributed by atoms with Crippen LogP contribution in [0.5, 0.6) is 0 Å². The molecule has 0 N–H and O–H groups in total. The summed E-state index contributed by atoms with van der Waals surface area (Å²) in [6.07, 6.45) is 0. The molecule has 0 aliphatic rings. The van der Waals surface area contributed by atoms with E-state index in [1.807, 2.05) is 44.2 Å². The Balaban J connectivity index is 2.39. The van der Waals surface area contributed by atoms with Crippen LogP contribution in [0.1, 0.15) is 22.8 Å². The first-order chi connectivity index (χ1) is 9.13. The van der Waals surface area contributed by atoms with Crippen LogP contribution in [0.3, 0.4) is 0 Å². The van der Waals surface area contributed by atoms with E-state index in [-0.39, 0.29) is 11.5 Å². The Morgan fingerprint density at radius 3 is 2.47 bits per heavy atom. The van der Waals surface area contributed by atoms with Crippen molar-refractivity contribution in [3.8, 4) is 0 Å². The molecule has 0 aliphatic carbocycles. The first kappa shape index (κ1) is 13.3. The van der Waals surface area contributed by atoms with Gasteiger partial charge in [0.2, 0.25) is 0 Å². The van der Waals surface area contributed by atoms with Gasteiger partial charge in [-0.3, -0.25) is 4.79 Å². The molecule has 1 amide bonds. The summed E-state index contributed by atoms with van der Waals surface area (Å²) in [4.78, 5) is 14.0. The summed E-state index contributed by atoms with van der Waals surface area (Å²) >= 11 is 0. The van der Waals surface area contributed by atoms with Crippen LogP contribution in [-0.4, -0.2) is 12.5 Å². The van der Waals surface area contributed by atoms with E-state index in [0.29, 0.717) is 6.54 Å². The second-order valence-electron chi connectivity index (χ2n) is 4.37. The molecule has 0 bridgehead atoms. The summed E-state index contributed by atoms with van der Waals surface area (Å²) in [6.45, 7) is 4.21. The molecular formula is C16H16FNO. The standard InChI is InChI=1S/C16H16FNO/c1-3-18(13-7-5-4-6-8-13)16(19)14-11-12(2)9-10-15(14)17/h4-11H,3H2,1-2H3. The largest absolute Gasteiger partial charge is 0.309 e. The molecule has 0 saturated carbocycles. The maximum Gasteiger partial charge on any atom is 0.261 e. The Bertz CT molecular complexity index is 581. The van der Waals surface area contributed by atoms with E-state index in [2.05, 4.69) is 0 Å². The van der Waals surface area contributed by atoms with Crippen molar-refractivity contribution in [3.63, 3.8) is 0 Å². The molecular weight excluding hydrogens is 241 g/mol. The zero-order valence-electron chi connectivity index (χ0n) is 11.1. The third kappa shape index (κ3) is 2.81. The van der Waals surface area contributed by atoms with E-state index in [1.165, 1.54) is 6.07 Å². The van der Waals surface area contributed by atoms with Gasteiger partial charge in [-0.25, -0.2) is 4.39 Å². The average molecular weight is 257 g/mol. The number of aryl methyl sites for hydroxylation is 1. The fourth-order valence-electron chi connectivity index (χ4n) is 2.00. The highest BCUT2D eigenvalue weighted by atomic mass is 19.1. The van der Waals surface area contributed by atoms with Crippen LogP contribution in [-0.2, 0) is 0 Å². The monoisotopic (exact) mass is 257 g/mol. The van der Waals surface area contributed by atoms with Gasteiger partial charge in [-0.2, -0.15) is 0 Å². The van der Waals surface area contributed by atoms with Crippen LogP contribution in [0, 0.1) is 12.7 Å². The van der Waals surface area contributed by atoms with E-state index >= 15 is 0 Å². The Morgan fingerprint density at radius 2 is 1.84 bits per heavy atom. The highest BCUT2D eigenvalue weighted by molar-refractivity contribution is 6.06. The van der Waals surface area contributed by atoms with Crippen molar-refractivity contribution >= 4 is 11.6 Å². The lowest BCUT2D eigenvalue weighted by molar-refractivity contribution is 0.0984. The number of rotatable bonds is 3. The molecule has 0 spiro atoms. The molecule has 98 valence electrons. The summed E-state index contributed by atoms with van der Waals surface area (Å²) in [6, 6.07) is 13.9. The van der Waals surface area contributed by atoms with Gasteiger partial charge in [0.05, 0.1) is 5.56 Å². The lowest BCUT2D eigenvalue weighted by Crippen LogP contribution is -2.31. The number of nitrogens with zero attached hydrogens (tertiary/aromatic N) is 1. The number of benzene rings is 2. The summed E-state index contributed by atoms with van der Waals surface area (Å²) < 4.78 is 13.8. The summed E-state index contributed by atoms with van der Waals surface area (Å²) in [7, 11) is 0. The van der Waals surface area contributed by atoms with Gasteiger partial charge in [-0.15, -0.1) is 0 Å². The molecule has 0 saturated heterocycles. The summed E-state index contributed by atoms with van der Waals surface area (Å²) in [5.41, 5.74) is 1.76.